The van der Waals surface area contributed by atoms with Crippen LogP contribution in [0.25, 0.3) is 17.0 Å². The molecule has 1 aliphatic rings. The smallest absolute Gasteiger partial charge is 0.338 e. The number of nitro benzene ring substituents is 1. The molecular weight excluding hydrogens is 580 g/mol. The van der Waals surface area contributed by atoms with Gasteiger partial charge in [0.15, 0.2) is 4.80 Å². The third-order valence-electron chi connectivity index (χ3n) is 7.56. The summed E-state index contributed by atoms with van der Waals surface area (Å²) in [6, 6.07) is 22.9. The number of aromatic nitrogens is 2. The molecule has 3 aromatic carbocycles. The van der Waals surface area contributed by atoms with Crippen LogP contribution in [0.5, 0.6) is 5.75 Å². The Labute approximate surface area is 255 Å². The number of ether oxygens (including phenoxy) is 2. The molecule has 0 bridgehead atoms. The van der Waals surface area contributed by atoms with Crippen LogP contribution in [0.4, 0.5) is 5.69 Å². The lowest BCUT2D eigenvalue weighted by atomic mass is 9.96. The van der Waals surface area contributed by atoms with Crippen molar-refractivity contribution in [3.05, 3.63) is 137 Å². The molecule has 44 heavy (non-hydrogen) atoms. The molecule has 6 rings (SSSR count). The van der Waals surface area contributed by atoms with Gasteiger partial charge in [0.2, 0.25) is 0 Å². The fourth-order valence-corrected chi connectivity index (χ4v) is 6.49. The number of carbonyl (C=O) groups is 1. The topological polar surface area (TPSA) is 118 Å². The van der Waals surface area contributed by atoms with Crippen molar-refractivity contribution in [2.45, 2.75) is 26.4 Å². The summed E-state index contributed by atoms with van der Waals surface area (Å²) in [7, 11) is 1.58. The van der Waals surface area contributed by atoms with Crippen molar-refractivity contribution in [3.8, 4) is 5.75 Å². The molecule has 1 aliphatic heterocycles. The standard InChI is InChI=1S/C33H28N4O6S/c1-4-43-32(39)29-20(2)34-33-36(30(29)22-11-15-26(42-3)16-12-22)31(38)28(44-33)18-25-17-23-7-5-6-8-27(23)35(25)19-21-9-13-24(14-10-21)37(40)41/h5-18,30H,4,19H2,1-3H3. The molecule has 1 atom stereocenters. The average molecular weight is 609 g/mol. The van der Waals surface area contributed by atoms with E-state index in [-0.39, 0.29) is 17.9 Å². The molecule has 0 saturated carbocycles. The summed E-state index contributed by atoms with van der Waals surface area (Å²) >= 11 is 1.25. The van der Waals surface area contributed by atoms with Crippen LogP contribution in [0.3, 0.4) is 0 Å². The van der Waals surface area contributed by atoms with Crippen molar-refractivity contribution < 1.29 is 19.2 Å². The molecule has 10 nitrogen and oxygen atoms in total. The van der Waals surface area contributed by atoms with Crippen LogP contribution in [0.15, 0.2) is 99.9 Å². The summed E-state index contributed by atoms with van der Waals surface area (Å²) in [6.45, 7) is 4.12. The van der Waals surface area contributed by atoms with Gasteiger partial charge in [-0.05, 0) is 55.3 Å². The summed E-state index contributed by atoms with van der Waals surface area (Å²) in [5.74, 6) is 0.132. The highest BCUT2D eigenvalue weighted by Crippen LogP contribution is 2.32. The van der Waals surface area contributed by atoms with Gasteiger partial charge in [0, 0.05) is 35.3 Å². The molecule has 3 heterocycles. The van der Waals surface area contributed by atoms with Gasteiger partial charge in [-0.3, -0.25) is 19.5 Å². The molecule has 1 unspecified atom stereocenters. The molecule has 0 saturated heterocycles. The lowest BCUT2D eigenvalue weighted by Gasteiger charge is -2.24. The monoisotopic (exact) mass is 608 g/mol. The van der Waals surface area contributed by atoms with E-state index in [0.29, 0.717) is 32.9 Å². The number of rotatable bonds is 8. The van der Waals surface area contributed by atoms with Gasteiger partial charge >= 0.3 is 5.97 Å². The Morgan fingerprint density at radius 1 is 1.09 bits per heavy atom. The number of esters is 1. The maximum Gasteiger partial charge on any atom is 0.338 e. The zero-order valence-electron chi connectivity index (χ0n) is 24.2. The third-order valence-corrected chi connectivity index (χ3v) is 8.54. The first kappa shape index (κ1) is 28.8. The van der Waals surface area contributed by atoms with Crippen molar-refractivity contribution in [2.24, 2.45) is 4.99 Å². The number of methoxy groups -OCH3 is 1. The van der Waals surface area contributed by atoms with E-state index < -0.39 is 16.9 Å². The SMILES string of the molecule is CCOC(=O)C1=C(C)N=c2sc(=Cc3cc4ccccc4n3Cc3ccc([N+](=O)[O-])cc3)c(=O)n2C1c1ccc(OC)cc1. The molecule has 5 aromatic rings. The number of fused-ring (bicyclic) bond motifs is 2. The Morgan fingerprint density at radius 2 is 1.82 bits per heavy atom. The number of hydrogen-bond donors (Lipinski definition) is 0. The van der Waals surface area contributed by atoms with Gasteiger partial charge in [-0.1, -0.05) is 53.8 Å². The molecule has 0 fully saturated rings. The van der Waals surface area contributed by atoms with E-state index in [2.05, 4.69) is 9.56 Å². The molecule has 0 N–H and O–H groups in total. The summed E-state index contributed by atoms with van der Waals surface area (Å²) in [4.78, 5) is 43.2. The highest BCUT2D eigenvalue weighted by molar-refractivity contribution is 7.07. The number of benzene rings is 3. The molecule has 0 radical (unpaired) electrons. The average Bonchev–Trinajstić information content (AvgIpc) is 3.52. The van der Waals surface area contributed by atoms with E-state index in [1.807, 2.05) is 48.5 Å². The first-order chi connectivity index (χ1) is 21.3. The lowest BCUT2D eigenvalue weighted by molar-refractivity contribution is -0.384. The number of hydrogen-bond acceptors (Lipinski definition) is 8. The Kier molecular flexibility index (Phi) is 7.71. The maximum absolute atomic E-state index is 14.2. The maximum atomic E-state index is 14.2. The Balaban J connectivity index is 1.51. The summed E-state index contributed by atoms with van der Waals surface area (Å²) < 4.78 is 14.8. The second-order valence-electron chi connectivity index (χ2n) is 10.2. The summed E-state index contributed by atoms with van der Waals surface area (Å²) in [5, 5.41) is 12.1. The van der Waals surface area contributed by atoms with E-state index >= 15 is 0 Å². The minimum atomic E-state index is -0.732. The molecule has 0 spiro atoms. The van der Waals surface area contributed by atoms with Gasteiger partial charge in [0.1, 0.15) is 5.75 Å². The number of thiazole rings is 1. The number of nitro groups is 1. The summed E-state index contributed by atoms with van der Waals surface area (Å²) in [6.07, 6.45) is 1.84. The first-order valence-corrected chi connectivity index (χ1v) is 14.8. The van der Waals surface area contributed by atoms with Crippen molar-refractivity contribution in [1.82, 2.24) is 9.13 Å². The van der Waals surface area contributed by atoms with Crippen LogP contribution >= 0.6 is 11.3 Å². The van der Waals surface area contributed by atoms with Crippen molar-refractivity contribution >= 4 is 40.0 Å². The molecular formula is C33H28N4O6S. The van der Waals surface area contributed by atoms with E-state index in [4.69, 9.17) is 9.47 Å². The molecule has 222 valence electrons. The highest BCUT2D eigenvalue weighted by Gasteiger charge is 2.33. The van der Waals surface area contributed by atoms with Gasteiger partial charge in [-0.15, -0.1) is 0 Å². The third kappa shape index (κ3) is 5.22. The van der Waals surface area contributed by atoms with Gasteiger partial charge in [-0.25, -0.2) is 9.79 Å². The Bertz CT molecular complexity index is 2120. The second-order valence-corrected chi connectivity index (χ2v) is 11.2. The fraction of sp³-hybridized carbons (Fsp3) is 0.182. The van der Waals surface area contributed by atoms with E-state index in [9.17, 15) is 19.7 Å². The molecule has 2 aromatic heterocycles. The number of para-hydroxylation sites is 1. The van der Waals surface area contributed by atoms with E-state index in [1.165, 1.54) is 23.5 Å². The number of allylic oxidation sites excluding steroid dienone is 1. The van der Waals surface area contributed by atoms with E-state index in [0.717, 1.165) is 27.7 Å². The fourth-order valence-electron chi connectivity index (χ4n) is 5.46. The van der Waals surface area contributed by atoms with Gasteiger partial charge in [-0.2, -0.15) is 0 Å². The normalized spacial score (nSPS) is 14.8. The Morgan fingerprint density at radius 3 is 2.50 bits per heavy atom. The predicted octanol–water partition coefficient (Wildman–Crippen LogP) is 4.72. The van der Waals surface area contributed by atoms with Crippen LogP contribution in [-0.4, -0.2) is 33.7 Å². The second kappa shape index (κ2) is 11.8. The number of nitrogens with zero attached hydrogens (tertiary/aromatic N) is 4. The highest BCUT2D eigenvalue weighted by atomic mass is 32.1. The van der Waals surface area contributed by atoms with Gasteiger partial charge < -0.3 is 14.0 Å². The first-order valence-electron chi connectivity index (χ1n) is 13.9. The van der Waals surface area contributed by atoms with Crippen molar-refractivity contribution in [3.63, 3.8) is 0 Å². The minimum absolute atomic E-state index is 0.0244. The van der Waals surface area contributed by atoms with Crippen LogP contribution in [0.1, 0.15) is 36.7 Å². The van der Waals surface area contributed by atoms with E-state index in [1.54, 1.807) is 49.8 Å². The summed E-state index contributed by atoms with van der Waals surface area (Å²) in [5.41, 5.74) is 3.89. The molecule has 0 aliphatic carbocycles. The largest absolute Gasteiger partial charge is 0.497 e. The number of non-ortho nitro benzene ring substituents is 1. The van der Waals surface area contributed by atoms with Crippen LogP contribution in [-0.2, 0) is 16.1 Å². The molecule has 11 heteroatoms. The van der Waals surface area contributed by atoms with Crippen LogP contribution in [0.2, 0.25) is 0 Å². The zero-order valence-corrected chi connectivity index (χ0v) is 25.0. The number of carbonyl (C=O) groups excluding carboxylic acids is 1. The predicted molar refractivity (Wildman–Crippen MR) is 168 cm³/mol. The quantitative estimate of drug-likeness (QED) is 0.143. The minimum Gasteiger partial charge on any atom is -0.497 e. The lowest BCUT2D eigenvalue weighted by Crippen LogP contribution is -2.40. The van der Waals surface area contributed by atoms with Crippen molar-refractivity contribution in [2.75, 3.05) is 13.7 Å². The van der Waals surface area contributed by atoms with Gasteiger partial charge in [0.05, 0.1) is 40.5 Å². The Hall–Kier alpha value is -5.29. The zero-order chi connectivity index (χ0) is 31.0. The van der Waals surface area contributed by atoms with Gasteiger partial charge in [0.25, 0.3) is 11.2 Å². The van der Waals surface area contributed by atoms with Crippen LogP contribution in [0, 0.1) is 10.1 Å². The van der Waals surface area contributed by atoms with Crippen LogP contribution < -0.4 is 19.6 Å². The molecule has 0 amide bonds. The van der Waals surface area contributed by atoms with Crippen molar-refractivity contribution in [1.29, 1.82) is 0 Å².